The topological polar surface area (TPSA) is 61.4 Å². The first-order valence-corrected chi connectivity index (χ1v) is 10.6. The van der Waals surface area contributed by atoms with Crippen LogP contribution in [-0.2, 0) is 4.79 Å². The molecule has 0 bridgehead atoms. The number of benzene rings is 1. The summed E-state index contributed by atoms with van der Waals surface area (Å²) in [6, 6.07) is 6.84. The SMILES string of the molecule is CC(C(=O)Nc1ccc(Cl)cc1Cl)N1CCN(c2ncnc3sccc23)CC1. The Hall–Kier alpha value is -1.93. The van der Waals surface area contributed by atoms with Gasteiger partial charge in [-0.1, -0.05) is 23.2 Å². The fraction of sp³-hybridized carbons (Fsp3) is 0.316. The van der Waals surface area contributed by atoms with Gasteiger partial charge in [0.05, 0.1) is 22.1 Å². The highest BCUT2D eigenvalue weighted by Gasteiger charge is 2.27. The number of rotatable bonds is 4. The van der Waals surface area contributed by atoms with E-state index in [1.807, 2.05) is 12.3 Å². The van der Waals surface area contributed by atoms with Crippen molar-refractivity contribution in [1.82, 2.24) is 14.9 Å². The van der Waals surface area contributed by atoms with Crippen LogP contribution < -0.4 is 10.2 Å². The molecule has 0 radical (unpaired) electrons. The Morgan fingerprint density at radius 3 is 2.71 bits per heavy atom. The quantitative estimate of drug-likeness (QED) is 0.666. The van der Waals surface area contributed by atoms with Crippen LogP contribution >= 0.6 is 34.5 Å². The molecule has 1 saturated heterocycles. The second-order valence-corrected chi connectivity index (χ2v) is 8.39. The molecule has 1 aromatic carbocycles. The summed E-state index contributed by atoms with van der Waals surface area (Å²) < 4.78 is 0. The minimum atomic E-state index is -0.263. The molecule has 1 atom stereocenters. The summed E-state index contributed by atoms with van der Waals surface area (Å²) >= 11 is 13.7. The molecule has 0 spiro atoms. The molecule has 1 aliphatic heterocycles. The Balaban J connectivity index is 1.39. The number of aromatic nitrogens is 2. The zero-order valence-electron chi connectivity index (χ0n) is 15.2. The number of thiophene rings is 1. The van der Waals surface area contributed by atoms with Gasteiger partial charge >= 0.3 is 0 Å². The molecular formula is C19H19Cl2N5OS. The van der Waals surface area contributed by atoms with Crippen molar-refractivity contribution in [2.24, 2.45) is 0 Å². The smallest absolute Gasteiger partial charge is 0.241 e. The van der Waals surface area contributed by atoms with E-state index in [2.05, 4.69) is 31.2 Å². The summed E-state index contributed by atoms with van der Waals surface area (Å²) in [4.78, 5) is 26.9. The van der Waals surface area contributed by atoms with Gasteiger partial charge < -0.3 is 10.2 Å². The van der Waals surface area contributed by atoms with Crippen molar-refractivity contribution in [1.29, 1.82) is 0 Å². The van der Waals surface area contributed by atoms with Crippen molar-refractivity contribution in [3.05, 3.63) is 46.0 Å². The van der Waals surface area contributed by atoms with Gasteiger partial charge in [-0.15, -0.1) is 11.3 Å². The van der Waals surface area contributed by atoms with Crippen LogP contribution in [0.1, 0.15) is 6.92 Å². The number of hydrogen-bond donors (Lipinski definition) is 1. The standard InChI is InChI=1S/C19H19Cl2N5OS/c1-12(18(27)24-16-3-2-13(20)10-15(16)21)25-5-7-26(8-6-25)17-14-4-9-28-19(14)23-11-22-17/h2-4,9-12H,5-8H2,1H3,(H,24,27). The van der Waals surface area contributed by atoms with Crippen molar-refractivity contribution in [3.8, 4) is 0 Å². The van der Waals surface area contributed by atoms with Crippen LogP contribution in [0, 0.1) is 0 Å². The maximum absolute atomic E-state index is 12.7. The van der Waals surface area contributed by atoms with E-state index >= 15 is 0 Å². The molecule has 6 nitrogen and oxygen atoms in total. The summed E-state index contributed by atoms with van der Waals surface area (Å²) in [7, 11) is 0. The molecule has 146 valence electrons. The Labute approximate surface area is 177 Å². The molecule has 3 aromatic rings. The molecular weight excluding hydrogens is 417 g/mol. The second kappa shape index (κ2) is 8.21. The van der Waals surface area contributed by atoms with Crippen molar-refractivity contribution in [3.63, 3.8) is 0 Å². The van der Waals surface area contributed by atoms with Crippen LogP contribution in [0.25, 0.3) is 10.2 Å². The van der Waals surface area contributed by atoms with Gasteiger partial charge in [-0.2, -0.15) is 0 Å². The molecule has 0 saturated carbocycles. The van der Waals surface area contributed by atoms with Gasteiger partial charge in [0.25, 0.3) is 0 Å². The number of amides is 1. The largest absolute Gasteiger partial charge is 0.353 e. The second-order valence-electron chi connectivity index (χ2n) is 6.65. The number of nitrogens with zero attached hydrogens (tertiary/aromatic N) is 4. The zero-order valence-corrected chi connectivity index (χ0v) is 17.6. The molecule has 2 aromatic heterocycles. The summed E-state index contributed by atoms with van der Waals surface area (Å²) in [5, 5.41) is 6.99. The Morgan fingerprint density at radius 2 is 1.96 bits per heavy atom. The highest BCUT2D eigenvalue weighted by atomic mass is 35.5. The van der Waals surface area contributed by atoms with Gasteiger partial charge in [0.15, 0.2) is 0 Å². The molecule has 1 unspecified atom stereocenters. The van der Waals surface area contributed by atoms with E-state index in [4.69, 9.17) is 23.2 Å². The molecule has 9 heteroatoms. The van der Waals surface area contributed by atoms with Gasteiger partial charge in [-0.25, -0.2) is 9.97 Å². The third kappa shape index (κ3) is 3.93. The van der Waals surface area contributed by atoms with Crippen molar-refractivity contribution >= 4 is 62.2 Å². The predicted octanol–water partition coefficient (Wildman–Crippen LogP) is 4.15. The van der Waals surface area contributed by atoms with E-state index in [-0.39, 0.29) is 11.9 Å². The Kier molecular flexibility index (Phi) is 5.68. The third-order valence-electron chi connectivity index (χ3n) is 4.97. The number of piperazine rings is 1. The monoisotopic (exact) mass is 435 g/mol. The number of nitrogens with one attached hydrogen (secondary N) is 1. The fourth-order valence-corrected chi connectivity index (χ4v) is 4.53. The number of hydrogen-bond acceptors (Lipinski definition) is 6. The summed E-state index contributed by atoms with van der Waals surface area (Å²) in [6.07, 6.45) is 1.62. The number of halogens is 2. The van der Waals surface area contributed by atoms with Gasteiger partial charge in [-0.3, -0.25) is 9.69 Å². The van der Waals surface area contributed by atoms with Crippen molar-refractivity contribution in [2.75, 3.05) is 36.4 Å². The molecule has 4 rings (SSSR count). The van der Waals surface area contributed by atoms with E-state index < -0.39 is 0 Å². The van der Waals surface area contributed by atoms with Gasteiger partial charge in [0.1, 0.15) is 17.0 Å². The van der Waals surface area contributed by atoms with Crippen LogP contribution in [-0.4, -0.2) is 53.0 Å². The van der Waals surface area contributed by atoms with E-state index in [1.54, 1.807) is 35.9 Å². The summed E-state index contributed by atoms with van der Waals surface area (Å²) in [5.74, 6) is 0.885. The highest BCUT2D eigenvalue weighted by molar-refractivity contribution is 7.16. The lowest BCUT2D eigenvalue weighted by Gasteiger charge is -2.38. The summed E-state index contributed by atoms with van der Waals surface area (Å²) in [6.45, 7) is 5.08. The highest BCUT2D eigenvalue weighted by Crippen LogP contribution is 2.28. The number of carbonyl (C=O) groups is 1. The van der Waals surface area contributed by atoms with Crippen molar-refractivity contribution in [2.45, 2.75) is 13.0 Å². The molecule has 1 amide bonds. The van der Waals surface area contributed by atoms with Gasteiger partial charge in [0, 0.05) is 31.2 Å². The molecule has 3 heterocycles. The average molecular weight is 436 g/mol. The maximum atomic E-state index is 12.7. The van der Waals surface area contributed by atoms with Crippen LogP contribution in [0.5, 0.6) is 0 Å². The molecule has 28 heavy (non-hydrogen) atoms. The molecule has 0 aliphatic carbocycles. The molecule has 1 aliphatic rings. The Bertz CT molecular complexity index is 1000. The number of carbonyl (C=O) groups excluding carboxylic acids is 1. The lowest BCUT2D eigenvalue weighted by atomic mass is 10.2. The first kappa shape index (κ1) is 19.4. The van der Waals surface area contributed by atoms with Gasteiger partial charge in [-0.05, 0) is 36.6 Å². The van der Waals surface area contributed by atoms with Crippen LogP contribution in [0.4, 0.5) is 11.5 Å². The predicted molar refractivity (Wildman–Crippen MR) is 116 cm³/mol. The lowest BCUT2D eigenvalue weighted by molar-refractivity contribution is -0.120. The van der Waals surface area contributed by atoms with Crippen LogP contribution in [0.3, 0.4) is 0 Å². The first-order valence-electron chi connectivity index (χ1n) is 8.96. The average Bonchev–Trinajstić information content (AvgIpc) is 3.18. The van der Waals surface area contributed by atoms with Crippen LogP contribution in [0.2, 0.25) is 10.0 Å². The van der Waals surface area contributed by atoms with Crippen molar-refractivity contribution < 1.29 is 4.79 Å². The normalized spacial score (nSPS) is 16.3. The fourth-order valence-electron chi connectivity index (χ4n) is 3.34. The zero-order chi connectivity index (χ0) is 19.7. The maximum Gasteiger partial charge on any atom is 0.241 e. The Morgan fingerprint density at radius 1 is 1.18 bits per heavy atom. The minimum absolute atomic E-state index is 0.0834. The lowest BCUT2D eigenvalue weighted by Crippen LogP contribution is -2.53. The van der Waals surface area contributed by atoms with E-state index in [0.717, 1.165) is 42.2 Å². The summed E-state index contributed by atoms with van der Waals surface area (Å²) in [5.41, 5.74) is 0.572. The third-order valence-corrected chi connectivity index (χ3v) is 6.34. The first-order chi connectivity index (χ1) is 13.5. The van der Waals surface area contributed by atoms with E-state index in [0.29, 0.717) is 15.7 Å². The minimum Gasteiger partial charge on any atom is -0.353 e. The number of anilines is 2. The van der Waals surface area contributed by atoms with Gasteiger partial charge in [0.2, 0.25) is 5.91 Å². The molecule has 1 fully saturated rings. The molecule has 1 N–H and O–H groups in total. The van der Waals surface area contributed by atoms with E-state index in [1.165, 1.54) is 0 Å². The number of fused-ring (bicyclic) bond motifs is 1. The van der Waals surface area contributed by atoms with E-state index in [9.17, 15) is 4.79 Å². The van der Waals surface area contributed by atoms with Crippen LogP contribution in [0.15, 0.2) is 36.0 Å².